The van der Waals surface area contributed by atoms with Crippen molar-refractivity contribution in [2.75, 3.05) is 7.11 Å². The van der Waals surface area contributed by atoms with E-state index >= 15 is 0 Å². The van der Waals surface area contributed by atoms with Gasteiger partial charge < -0.3 is 4.74 Å². The van der Waals surface area contributed by atoms with Gasteiger partial charge in [-0.15, -0.1) is 5.10 Å². The van der Waals surface area contributed by atoms with Crippen LogP contribution in [0.1, 0.15) is 21.7 Å². The zero-order valence-electron chi connectivity index (χ0n) is 12.4. The maximum atomic E-state index is 11.8. The third-order valence-corrected chi connectivity index (χ3v) is 4.02. The van der Waals surface area contributed by atoms with Crippen molar-refractivity contribution < 1.29 is 9.53 Å². The molecule has 0 atom stereocenters. The molecule has 2 heterocycles. The Bertz CT molecular complexity index is 860. The van der Waals surface area contributed by atoms with Crippen LogP contribution in [0.3, 0.4) is 0 Å². The second kappa shape index (κ2) is 5.76. The number of carbonyl (C=O) groups is 1. The molecule has 0 spiro atoms. The molecule has 0 amide bonds. The van der Waals surface area contributed by atoms with Crippen molar-refractivity contribution in [2.45, 2.75) is 23.9 Å². The molecule has 0 saturated carbocycles. The molecule has 0 aliphatic carbocycles. The fourth-order valence-electron chi connectivity index (χ4n) is 2.12. The highest BCUT2D eigenvalue weighted by Crippen LogP contribution is 2.28. The highest BCUT2D eigenvalue weighted by atomic mass is 32.2. The molecule has 1 aromatic carbocycles. The van der Waals surface area contributed by atoms with E-state index in [4.69, 9.17) is 4.74 Å². The number of hydrogen-bond donors (Lipinski definition) is 0. The predicted molar refractivity (Wildman–Crippen MR) is 82.2 cm³/mol. The summed E-state index contributed by atoms with van der Waals surface area (Å²) in [5.41, 5.74) is 2.35. The summed E-state index contributed by atoms with van der Waals surface area (Å²) in [4.78, 5) is 21.3. The molecule has 3 aromatic rings. The van der Waals surface area contributed by atoms with Gasteiger partial charge in [0.05, 0.1) is 12.7 Å². The molecule has 2 aromatic heterocycles. The van der Waals surface area contributed by atoms with Crippen LogP contribution in [0.5, 0.6) is 0 Å². The van der Waals surface area contributed by atoms with E-state index in [1.54, 1.807) is 16.6 Å². The van der Waals surface area contributed by atoms with Crippen molar-refractivity contribution in [1.82, 2.24) is 19.6 Å². The Kier molecular flexibility index (Phi) is 3.81. The van der Waals surface area contributed by atoms with Crippen LogP contribution >= 0.6 is 11.8 Å². The molecular weight excluding hydrogens is 300 g/mol. The normalized spacial score (nSPS) is 10.9. The minimum Gasteiger partial charge on any atom is -0.465 e. The summed E-state index contributed by atoms with van der Waals surface area (Å²) in [5, 5.41) is 4.97. The average Bonchev–Trinajstić information content (AvgIpc) is 2.89. The van der Waals surface area contributed by atoms with E-state index in [-0.39, 0.29) is 5.97 Å². The number of esters is 1. The number of nitrogens with zero attached hydrogens (tertiary/aromatic N) is 4. The molecule has 0 aliphatic heterocycles. The number of aromatic nitrogens is 4. The van der Waals surface area contributed by atoms with E-state index < -0.39 is 0 Å². The largest absolute Gasteiger partial charge is 0.465 e. The number of ether oxygens (including phenoxy) is 1. The summed E-state index contributed by atoms with van der Waals surface area (Å²) in [5.74, 6) is 0.174. The number of carbonyl (C=O) groups excluding carboxylic acids is 1. The lowest BCUT2D eigenvalue weighted by atomic mass is 10.2. The van der Waals surface area contributed by atoms with Crippen LogP contribution in [-0.4, -0.2) is 32.7 Å². The minimum absolute atomic E-state index is 0.378. The summed E-state index contributed by atoms with van der Waals surface area (Å²) in [6.07, 6.45) is 0. The molecule has 0 fully saturated rings. The smallest absolute Gasteiger partial charge is 0.339 e. The molecule has 112 valence electrons. The molecular formula is C15H14N4O2S. The molecule has 0 N–H and O–H groups in total. The van der Waals surface area contributed by atoms with E-state index in [2.05, 4.69) is 15.1 Å². The van der Waals surface area contributed by atoms with Gasteiger partial charge in [-0.25, -0.2) is 14.3 Å². The van der Waals surface area contributed by atoms with Crippen LogP contribution in [0.4, 0.5) is 0 Å². The molecule has 22 heavy (non-hydrogen) atoms. The van der Waals surface area contributed by atoms with Crippen LogP contribution in [0, 0.1) is 13.8 Å². The number of hydrogen-bond acceptors (Lipinski definition) is 6. The number of rotatable bonds is 3. The summed E-state index contributed by atoms with van der Waals surface area (Å²) in [6, 6.07) is 9.16. The van der Waals surface area contributed by atoms with Crippen LogP contribution < -0.4 is 0 Å². The Labute approximate surface area is 131 Å². The van der Waals surface area contributed by atoms with Gasteiger partial charge in [0.25, 0.3) is 5.78 Å². The minimum atomic E-state index is -0.378. The molecule has 6 nitrogen and oxygen atoms in total. The van der Waals surface area contributed by atoms with Crippen molar-refractivity contribution in [1.29, 1.82) is 0 Å². The lowest BCUT2D eigenvalue weighted by Gasteiger charge is -2.04. The molecule has 0 bridgehead atoms. The Hall–Kier alpha value is -2.41. The van der Waals surface area contributed by atoms with Crippen molar-refractivity contribution in [3.05, 3.63) is 47.3 Å². The Balaban J connectivity index is 2.01. The van der Waals surface area contributed by atoms with Crippen molar-refractivity contribution in [3.8, 4) is 0 Å². The van der Waals surface area contributed by atoms with Crippen LogP contribution in [-0.2, 0) is 4.74 Å². The first-order valence-corrected chi connectivity index (χ1v) is 7.46. The first kappa shape index (κ1) is 14.5. The Morgan fingerprint density at radius 3 is 2.77 bits per heavy atom. The highest BCUT2D eigenvalue weighted by molar-refractivity contribution is 7.99. The topological polar surface area (TPSA) is 69.4 Å². The van der Waals surface area contributed by atoms with E-state index in [1.165, 1.54) is 18.9 Å². The van der Waals surface area contributed by atoms with Gasteiger partial charge in [0.1, 0.15) is 0 Å². The molecule has 3 rings (SSSR count). The third kappa shape index (κ3) is 2.67. The zero-order chi connectivity index (χ0) is 15.7. The second-order valence-electron chi connectivity index (χ2n) is 4.73. The van der Waals surface area contributed by atoms with Crippen molar-refractivity contribution in [3.63, 3.8) is 0 Å². The number of benzene rings is 1. The van der Waals surface area contributed by atoms with Gasteiger partial charge in [0.2, 0.25) is 5.16 Å². The highest BCUT2D eigenvalue weighted by Gasteiger charge is 2.15. The van der Waals surface area contributed by atoms with Crippen LogP contribution in [0.15, 0.2) is 40.4 Å². The molecule has 0 radical (unpaired) electrons. The maximum absolute atomic E-state index is 11.8. The quantitative estimate of drug-likeness (QED) is 0.692. The van der Waals surface area contributed by atoms with Gasteiger partial charge >= 0.3 is 5.97 Å². The SMILES string of the molecule is COC(=O)c1ccccc1Sc1nc2nc(C)cc(C)n2n1. The van der Waals surface area contributed by atoms with E-state index in [0.29, 0.717) is 16.5 Å². The van der Waals surface area contributed by atoms with Crippen LogP contribution in [0.2, 0.25) is 0 Å². The molecule has 0 aliphatic rings. The first-order valence-electron chi connectivity index (χ1n) is 6.64. The lowest BCUT2D eigenvalue weighted by Crippen LogP contribution is -2.02. The van der Waals surface area contributed by atoms with Gasteiger partial charge in [0, 0.05) is 16.3 Å². The van der Waals surface area contributed by atoms with Gasteiger partial charge in [-0.3, -0.25) is 0 Å². The monoisotopic (exact) mass is 314 g/mol. The zero-order valence-corrected chi connectivity index (χ0v) is 13.2. The third-order valence-electron chi connectivity index (χ3n) is 3.09. The average molecular weight is 314 g/mol. The van der Waals surface area contributed by atoms with Gasteiger partial charge in [0.15, 0.2) is 0 Å². The Morgan fingerprint density at radius 1 is 1.23 bits per heavy atom. The van der Waals surface area contributed by atoms with Crippen molar-refractivity contribution in [2.24, 2.45) is 0 Å². The van der Waals surface area contributed by atoms with Gasteiger partial charge in [-0.05, 0) is 43.8 Å². The summed E-state index contributed by atoms with van der Waals surface area (Å²) in [6.45, 7) is 3.87. The standard InChI is InChI=1S/C15H14N4O2S/c1-9-8-10(2)19-14(16-9)17-15(18-19)22-12-7-5-4-6-11(12)13(20)21-3/h4-8H,1-3H3. The first-order chi connectivity index (χ1) is 10.6. The number of fused-ring (bicyclic) bond motifs is 1. The molecule has 7 heteroatoms. The molecule has 0 unspecified atom stereocenters. The predicted octanol–water partition coefficient (Wildman–Crippen LogP) is 2.68. The fourth-order valence-corrected chi connectivity index (χ4v) is 2.98. The van der Waals surface area contributed by atoms with Gasteiger partial charge in [-0.2, -0.15) is 4.98 Å². The Morgan fingerprint density at radius 2 is 2.00 bits per heavy atom. The van der Waals surface area contributed by atoms with Crippen molar-refractivity contribution >= 4 is 23.5 Å². The summed E-state index contributed by atoms with van der Waals surface area (Å²) >= 11 is 1.31. The maximum Gasteiger partial charge on any atom is 0.339 e. The lowest BCUT2D eigenvalue weighted by molar-refractivity contribution is 0.0597. The number of methoxy groups -OCH3 is 1. The van der Waals surface area contributed by atoms with E-state index in [0.717, 1.165) is 16.3 Å². The van der Waals surface area contributed by atoms with E-state index in [1.807, 2.05) is 32.0 Å². The fraction of sp³-hybridized carbons (Fsp3) is 0.200. The van der Waals surface area contributed by atoms with Crippen LogP contribution in [0.25, 0.3) is 5.78 Å². The van der Waals surface area contributed by atoms with E-state index in [9.17, 15) is 4.79 Å². The molecule has 0 saturated heterocycles. The summed E-state index contributed by atoms with van der Waals surface area (Å²) in [7, 11) is 1.36. The van der Waals surface area contributed by atoms with Gasteiger partial charge in [-0.1, -0.05) is 12.1 Å². The summed E-state index contributed by atoms with van der Waals surface area (Å²) < 4.78 is 6.49. The second-order valence-corrected chi connectivity index (χ2v) is 5.74. The number of aryl methyl sites for hydroxylation is 2.